The molecule has 0 spiro atoms. The number of aryl methyl sites for hydroxylation is 1. The number of hydrogen-bond acceptors (Lipinski definition) is 4. The molecular weight excluding hydrogens is 283 g/mol. The zero-order chi connectivity index (χ0) is 13.3. The van der Waals surface area contributed by atoms with Crippen molar-refractivity contribution in [2.45, 2.75) is 13.1 Å². The Balaban J connectivity index is 0.00000180. The molecule has 0 bridgehead atoms. The van der Waals surface area contributed by atoms with Crippen molar-refractivity contribution in [3.05, 3.63) is 30.0 Å². The molecule has 0 radical (unpaired) electrons. The second kappa shape index (κ2) is 5.43. The average molecular weight is 294 g/mol. The number of halogens is 4. The minimum atomic E-state index is -4.57. The lowest BCUT2D eigenvalue weighted by Crippen LogP contribution is -2.14. The molecule has 0 aliphatic rings. The van der Waals surface area contributed by atoms with Crippen molar-refractivity contribution in [2.75, 3.05) is 12.4 Å². The van der Waals surface area contributed by atoms with Crippen LogP contribution in [0.3, 0.4) is 0 Å². The van der Waals surface area contributed by atoms with Gasteiger partial charge in [-0.2, -0.15) is 18.3 Å². The molecule has 2 rings (SSSR count). The maximum absolute atomic E-state index is 12.5. The highest BCUT2D eigenvalue weighted by Crippen LogP contribution is 2.27. The van der Waals surface area contributed by atoms with E-state index >= 15 is 0 Å². The molecule has 1 N–H and O–H groups in total. The first-order chi connectivity index (χ1) is 8.41. The number of nitrogens with zero attached hydrogens (tertiary/aromatic N) is 4. The van der Waals surface area contributed by atoms with Crippen molar-refractivity contribution in [3.8, 4) is 5.82 Å². The van der Waals surface area contributed by atoms with Gasteiger partial charge in [0.2, 0.25) is 5.82 Å². The molecule has 0 fully saturated rings. The van der Waals surface area contributed by atoms with E-state index in [0.29, 0.717) is 11.3 Å². The number of alkyl halides is 3. The van der Waals surface area contributed by atoms with Crippen LogP contribution in [0.5, 0.6) is 0 Å². The molecular formula is C10H11ClF3N5. The summed E-state index contributed by atoms with van der Waals surface area (Å²) < 4.78 is 38.8. The van der Waals surface area contributed by atoms with Gasteiger partial charge in [0.25, 0.3) is 0 Å². The van der Waals surface area contributed by atoms with Crippen molar-refractivity contribution < 1.29 is 13.2 Å². The minimum absolute atomic E-state index is 0. The molecule has 9 heteroatoms. The van der Waals surface area contributed by atoms with Gasteiger partial charge in [0.05, 0.1) is 18.1 Å². The van der Waals surface area contributed by atoms with Crippen LogP contribution in [0.2, 0.25) is 0 Å². The summed E-state index contributed by atoms with van der Waals surface area (Å²) in [4.78, 5) is 6.77. The van der Waals surface area contributed by atoms with E-state index in [4.69, 9.17) is 0 Å². The first-order valence-electron chi connectivity index (χ1n) is 5.05. The third kappa shape index (κ3) is 3.14. The van der Waals surface area contributed by atoms with Crippen LogP contribution in [-0.2, 0) is 6.18 Å². The van der Waals surface area contributed by atoms with Crippen LogP contribution >= 0.6 is 12.4 Å². The first kappa shape index (κ1) is 15.2. The Morgan fingerprint density at radius 2 is 1.95 bits per heavy atom. The fourth-order valence-electron chi connectivity index (χ4n) is 1.37. The Labute approximate surface area is 113 Å². The lowest BCUT2D eigenvalue weighted by molar-refractivity contribution is -0.145. The van der Waals surface area contributed by atoms with Gasteiger partial charge in [0.1, 0.15) is 0 Å². The lowest BCUT2D eigenvalue weighted by atomic mass is 10.3. The van der Waals surface area contributed by atoms with Crippen molar-refractivity contribution in [3.63, 3.8) is 0 Å². The van der Waals surface area contributed by atoms with Crippen molar-refractivity contribution in [1.82, 2.24) is 19.7 Å². The summed E-state index contributed by atoms with van der Waals surface area (Å²) in [5.41, 5.74) is 1.19. The van der Waals surface area contributed by atoms with Gasteiger partial charge in [-0.1, -0.05) is 0 Å². The van der Waals surface area contributed by atoms with Crippen LogP contribution in [-0.4, -0.2) is 26.8 Å². The molecule has 5 nitrogen and oxygen atoms in total. The van der Waals surface area contributed by atoms with Gasteiger partial charge in [0.15, 0.2) is 5.82 Å². The van der Waals surface area contributed by atoms with Gasteiger partial charge in [-0.3, -0.25) is 0 Å². The smallest absolute Gasteiger partial charge is 0.386 e. The Morgan fingerprint density at radius 1 is 1.26 bits per heavy atom. The van der Waals surface area contributed by atoms with Crippen molar-refractivity contribution >= 4 is 18.1 Å². The van der Waals surface area contributed by atoms with E-state index in [1.165, 1.54) is 10.9 Å². The molecule has 0 amide bonds. The van der Waals surface area contributed by atoms with Crippen LogP contribution in [0.1, 0.15) is 11.4 Å². The predicted molar refractivity (Wildman–Crippen MR) is 65.7 cm³/mol. The largest absolute Gasteiger partial charge is 0.451 e. The molecule has 2 heterocycles. The number of aromatic nitrogens is 4. The number of anilines is 1. The van der Waals surface area contributed by atoms with E-state index in [9.17, 15) is 13.2 Å². The van der Waals surface area contributed by atoms with E-state index in [-0.39, 0.29) is 18.2 Å². The minimum Gasteiger partial charge on any atom is -0.386 e. The number of rotatable bonds is 2. The van der Waals surface area contributed by atoms with E-state index in [1.807, 2.05) is 0 Å². The normalized spacial score (nSPS) is 11.0. The molecule has 104 valence electrons. The third-order valence-corrected chi connectivity index (χ3v) is 2.29. The standard InChI is InChI=1S/C10H10F3N5.ClH/c1-6-3-15-9(10(11,12)13)17-8(6)18-5-7(14-2)4-16-18;/h3-5,14H,1-2H3;1H. The molecule has 0 unspecified atom stereocenters. The molecule has 19 heavy (non-hydrogen) atoms. The highest BCUT2D eigenvalue weighted by Gasteiger charge is 2.35. The van der Waals surface area contributed by atoms with Crippen LogP contribution in [0, 0.1) is 6.92 Å². The predicted octanol–water partition coefficient (Wildman–Crippen LogP) is 2.45. The second-order valence-electron chi connectivity index (χ2n) is 3.62. The van der Waals surface area contributed by atoms with E-state index in [2.05, 4.69) is 20.4 Å². The summed E-state index contributed by atoms with van der Waals surface area (Å²) in [6.45, 7) is 1.62. The SMILES string of the molecule is CNc1cnn(-c2nc(C(F)(F)F)ncc2C)c1.Cl. The molecule has 0 aliphatic heterocycles. The summed E-state index contributed by atoms with van der Waals surface area (Å²) in [6, 6.07) is 0. The second-order valence-corrected chi connectivity index (χ2v) is 3.62. The zero-order valence-corrected chi connectivity index (χ0v) is 10.9. The summed E-state index contributed by atoms with van der Waals surface area (Å²) >= 11 is 0. The lowest BCUT2D eigenvalue weighted by Gasteiger charge is -2.08. The van der Waals surface area contributed by atoms with Crippen LogP contribution in [0.4, 0.5) is 18.9 Å². The maximum Gasteiger partial charge on any atom is 0.451 e. The Hall–Kier alpha value is -1.83. The van der Waals surface area contributed by atoms with Crippen LogP contribution < -0.4 is 5.32 Å². The number of nitrogens with one attached hydrogen (secondary N) is 1. The summed E-state index contributed by atoms with van der Waals surface area (Å²) in [7, 11) is 1.69. The van der Waals surface area contributed by atoms with Gasteiger partial charge in [-0.25, -0.2) is 14.6 Å². The fourth-order valence-corrected chi connectivity index (χ4v) is 1.37. The Bertz CT molecular complexity index is 567. The van der Waals surface area contributed by atoms with Crippen molar-refractivity contribution in [1.29, 1.82) is 0 Å². The molecule has 0 aliphatic carbocycles. The third-order valence-electron chi connectivity index (χ3n) is 2.29. The molecule has 0 aromatic carbocycles. The Morgan fingerprint density at radius 3 is 2.47 bits per heavy atom. The summed E-state index contributed by atoms with van der Waals surface area (Å²) in [6.07, 6.45) is -0.391. The number of hydrogen-bond donors (Lipinski definition) is 1. The van der Waals surface area contributed by atoms with Gasteiger partial charge < -0.3 is 5.32 Å². The van der Waals surface area contributed by atoms with Gasteiger partial charge >= 0.3 is 6.18 Å². The maximum atomic E-state index is 12.5. The van der Waals surface area contributed by atoms with Crippen LogP contribution in [0.15, 0.2) is 18.6 Å². The highest BCUT2D eigenvalue weighted by atomic mass is 35.5. The molecule has 0 atom stereocenters. The summed E-state index contributed by atoms with van der Waals surface area (Å²) in [5.74, 6) is -1.07. The fraction of sp³-hybridized carbons (Fsp3) is 0.300. The van der Waals surface area contributed by atoms with E-state index in [0.717, 1.165) is 6.20 Å². The monoisotopic (exact) mass is 293 g/mol. The van der Waals surface area contributed by atoms with Gasteiger partial charge in [0, 0.05) is 18.8 Å². The summed E-state index contributed by atoms with van der Waals surface area (Å²) in [5, 5.41) is 6.77. The molecule has 2 aromatic rings. The Kier molecular flexibility index (Phi) is 4.35. The quantitative estimate of drug-likeness (QED) is 0.924. The van der Waals surface area contributed by atoms with E-state index in [1.54, 1.807) is 20.2 Å². The molecule has 0 saturated carbocycles. The first-order valence-corrected chi connectivity index (χ1v) is 5.05. The highest BCUT2D eigenvalue weighted by molar-refractivity contribution is 5.85. The average Bonchev–Trinajstić information content (AvgIpc) is 2.76. The van der Waals surface area contributed by atoms with E-state index < -0.39 is 12.0 Å². The topological polar surface area (TPSA) is 55.6 Å². The van der Waals surface area contributed by atoms with Crippen LogP contribution in [0.25, 0.3) is 5.82 Å². The molecule has 2 aromatic heterocycles. The molecule has 0 saturated heterocycles. The van der Waals surface area contributed by atoms with Gasteiger partial charge in [-0.05, 0) is 6.92 Å². The van der Waals surface area contributed by atoms with Gasteiger partial charge in [-0.15, -0.1) is 12.4 Å². The zero-order valence-electron chi connectivity index (χ0n) is 10.1. The van der Waals surface area contributed by atoms with Crippen molar-refractivity contribution in [2.24, 2.45) is 0 Å².